The Labute approximate surface area is 130 Å². The first kappa shape index (κ1) is 15.6. The maximum atomic E-state index is 12.0. The van der Waals surface area contributed by atoms with E-state index in [0.717, 1.165) is 23.4 Å². The van der Waals surface area contributed by atoms with Crippen LogP contribution < -0.4 is 0 Å². The molecule has 0 aromatic heterocycles. The van der Waals surface area contributed by atoms with Crippen molar-refractivity contribution in [3.63, 3.8) is 0 Å². The lowest BCUT2D eigenvalue weighted by Crippen LogP contribution is -2.15. The first-order valence-electron chi connectivity index (χ1n) is 6.99. The Kier molecular flexibility index (Phi) is 5.40. The number of hydrogen-bond acceptors (Lipinski definition) is 2. The van der Waals surface area contributed by atoms with Gasteiger partial charge in [0.25, 0.3) is 0 Å². The van der Waals surface area contributed by atoms with Gasteiger partial charge in [0.1, 0.15) is 0 Å². The Hall–Kier alpha value is -1.80. The van der Waals surface area contributed by atoms with E-state index in [-0.39, 0.29) is 11.9 Å². The molecule has 0 amide bonds. The van der Waals surface area contributed by atoms with Crippen LogP contribution in [0.5, 0.6) is 0 Å². The van der Waals surface area contributed by atoms with E-state index in [1.54, 1.807) is 0 Å². The van der Waals surface area contributed by atoms with Gasteiger partial charge in [0.2, 0.25) is 0 Å². The molecular formula is C18H19ClO2. The minimum Gasteiger partial charge on any atom is -0.469 e. The van der Waals surface area contributed by atoms with Crippen molar-refractivity contribution in [2.24, 2.45) is 0 Å². The highest BCUT2D eigenvalue weighted by atomic mass is 35.5. The van der Waals surface area contributed by atoms with Crippen LogP contribution in [0.25, 0.3) is 0 Å². The highest BCUT2D eigenvalue weighted by molar-refractivity contribution is 6.30. The molecular weight excluding hydrogens is 284 g/mol. The van der Waals surface area contributed by atoms with Crippen molar-refractivity contribution < 1.29 is 9.53 Å². The van der Waals surface area contributed by atoms with E-state index in [1.165, 1.54) is 18.2 Å². The Morgan fingerprint density at radius 1 is 1.10 bits per heavy atom. The highest BCUT2D eigenvalue weighted by Crippen LogP contribution is 2.24. The summed E-state index contributed by atoms with van der Waals surface area (Å²) in [5.41, 5.74) is 3.35. The summed E-state index contributed by atoms with van der Waals surface area (Å²) < 4.78 is 4.94. The van der Waals surface area contributed by atoms with Gasteiger partial charge in [0.05, 0.1) is 13.0 Å². The molecule has 2 aromatic rings. The maximum Gasteiger partial charge on any atom is 0.313 e. The number of benzene rings is 2. The first-order valence-corrected chi connectivity index (χ1v) is 7.37. The Balaban J connectivity index is 2.11. The zero-order valence-electron chi connectivity index (χ0n) is 12.3. The number of halogens is 1. The highest BCUT2D eigenvalue weighted by Gasteiger charge is 2.21. The smallest absolute Gasteiger partial charge is 0.313 e. The van der Waals surface area contributed by atoms with E-state index in [9.17, 15) is 4.79 Å². The van der Waals surface area contributed by atoms with Crippen molar-refractivity contribution in [3.05, 3.63) is 70.2 Å². The number of ether oxygens (including phenoxy) is 1. The van der Waals surface area contributed by atoms with E-state index in [2.05, 4.69) is 0 Å². The predicted molar refractivity (Wildman–Crippen MR) is 85.7 cm³/mol. The monoisotopic (exact) mass is 302 g/mol. The van der Waals surface area contributed by atoms with E-state index in [4.69, 9.17) is 16.3 Å². The molecule has 2 aromatic carbocycles. The van der Waals surface area contributed by atoms with Gasteiger partial charge in [-0.1, -0.05) is 53.6 Å². The number of esters is 1. The fraction of sp³-hybridized carbons (Fsp3) is 0.278. The van der Waals surface area contributed by atoms with Crippen LogP contribution >= 0.6 is 11.6 Å². The van der Waals surface area contributed by atoms with Crippen molar-refractivity contribution in [3.8, 4) is 0 Å². The molecule has 0 spiro atoms. The van der Waals surface area contributed by atoms with Crippen LogP contribution in [0, 0.1) is 6.92 Å². The van der Waals surface area contributed by atoms with Crippen molar-refractivity contribution in [2.75, 3.05) is 7.11 Å². The molecule has 110 valence electrons. The third kappa shape index (κ3) is 4.33. The van der Waals surface area contributed by atoms with E-state index in [0.29, 0.717) is 0 Å². The fourth-order valence-corrected chi connectivity index (χ4v) is 2.45. The Bertz CT molecular complexity index is 588. The molecule has 0 radical (unpaired) electrons. The lowest BCUT2D eigenvalue weighted by Gasteiger charge is -2.15. The zero-order valence-corrected chi connectivity index (χ0v) is 13.1. The summed E-state index contributed by atoms with van der Waals surface area (Å²) in [6.45, 7) is 2.03. The summed E-state index contributed by atoms with van der Waals surface area (Å²) in [7, 11) is 1.44. The molecule has 0 aliphatic carbocycles. The molecule has 1 atom stereocenters. The summed E-state index contributed by atoms with van der Waals surface area (Å²) in [5.74, 6) is -0.418. The minimum absolute atomic E-state index is 0.187. The minimum atomic E-state index is -0.230. The van der Waals surface area contributed by atoms with Gasteiger partial charge >= 0.3 is 5.97 Å². The predicted octanol–water partition coefficient (Wildman–Crippen LogP) is 4.54. The quantitative estimate of drug-likeness (QED) is 0.758. The van der Waals surface area contributed by atoms with Crippen molar-refractivity contribution in [1.82, 2.24) is 0 Å². The second kappa shape index (κ2) is 7.28. The number of carbonyl (C=O) groups excluding carboxylic acids is 1. The third-order valence-corrected chi connectivity index (χ3v) is 3.85. The summed E-state index contributed by atoms with van der Waals surface area (Å²) in [4.78, 5) is 12.0. The molecule has 0 heterocycles. The number of carbonyl (C=O) groups is 1. The van der Waals surface area contributed by atoms with Gasteiger partial charge in [-0.2, -0.15) is 0 Å². The third-order valence-electron chi connectivity index (χ3n) is 3.60. The van der Waals surface area contributed by atoms with Crippen LogP contribution in [0.2, 0.25) is 5.02 Å². The topological polar surface area (TPSA) is 26.3 Å². The lowest BCUT2D eigenvalue weighted by atomic mass is 9.92. The van der Waals surface area contributed by atoms with Gasteiger partial charge < -0.3 is 4.74 Å². The van der Waals surface area contributed by atoms with Gasteiger partial charge in [-0.15, -0.1) is 0 Å². The number of methoxy groups -OCH3 is 1. The number of rotatable bonds is 5. The summed E-state index contributed by atoms with van der Waals surface area (Å²) in [6.07, 6.45) is 1.53. The van der Waals surface area contributed by atoms with Gasteiger partial charge in [-0.25, -0.2) is 0 Å². The SMILES string of the molecule is COC(=O)C(CCc1ccc(Cl)cc1)c1ccc(C)cc1. The first-order chi connectivity index (χ1) is 10.1. The van der Waals surface area contributed by atoms with Gasteiger partial charge in [-0.3, -0.25) is 4.79 Å². The maximum absolute atomic E-state index is 12.0. The molecule has 0 aliphatic rings. The fourth-order valence-electron chi connectivity index (χ4n) is 2.32. The largest absolute Gasteiger partial charge is 0.469 e. The van der Waals surface area contributed by atoms with Gasteiger partial charge in [0, 0.05) is 5.02 Å². The molecule has 0 bridgehead atoms. The summed E-state index contributed by atoms with van der Waals surface area (Å²) in [6, 6.07) is 15.8. The van der Waals surface area contributed by atoms with Crippen LogP contribution in [-0.2, 0) is 16.0 Å². The van der Waals surface area contributed by atoms with E-state index in [1.807, 2.05) is 55.5 Å². The molecule has 0 saturated heterocycles. The molecule has 2 nitrogen and oxygen atoms in total. The van der Waals surface area contributed by atoms with Crippen LogP contribution in [0.3, 0.4) is 0 Å². The molecule has 0 saturated carbocycles. The second-order valence-electron chi connectivity index (χ2n) is 5.15. The average molecular weight is 303 g/mol. The number of aryl methyl sites for hydroxylation is 2. The van der Waals surface area contributed by atoms with Crippen molar-refractivity contribution in [2.45, 2.75) is 25.7 Å². The second-order valence-corrected chi connectivity index (χ2v) is 5.59. The number of hydrogen-bond donors (Lipinski definition) is 0. The molecule has 0 N–H and O–H groups in total. The average Bonchev–Trinajstić information content (AvgIpc) is 2.50. The van der Waals surface area contributed by atoms with Crippen LogP contribution in [0.1, 0.15) is 29.0 Å². The van der Waals surface area contributed by atoms with Crippen molar-refractivity contribution in [1.29, 1.82) is 0 Å². The normalized spacial score (nSPS) is 12.0. The van der Waals surface area contributed by atoms with Gasteiger partial charge in [-0.05, 0) is 43.0 Å². The van der Waals surface area contributed by atoms with E-state index >= 15 is 0 Å². The molecule has 2 rings (SSSR count). The summed E-state index contributed by atoms with van der Waals surface area (Å²) in [5, 5.41) is 0.724. The summed E-state index contributed by atoms with van der Waals surface area (Å²) >= 11 is 5.88. The molecule has 1 unspecified atom stereocenters. The van der Waals surface area contributed by atoms with Crippen LogP contribution in [0.4, 0.5) is 0 Å². The zero-order chi connectivity index (χ0) is 15.2. The molecule has 21 heavy (non-hydrogen) atoms. The molecule has 3 heteroatoms. The van der Waals surface area contributed by atoms with Gasteiger partial charge in [0.15, 0.2) is 0 Å². The Morgan fingerprint density at radius 2 is 1.71 bits per heavy atom. The van der Waals surface area contributed by atoms with E-state index < -0.39 is 0 Å². The van der Waals surface area contributed by atoms with Crippen molar-refractivity contribution >= 4 is 17.6 Å². The Morgan fingerprint density at radius 3 is 2.29 bits per heavy atom. The van der Waals surface area contributed by atoms with Crippen LogP contribution in [0.15, 0.2) is 48.5 Å². The van der Waals surface area contributed by atoms with Crippen LogP contribution in [-0.4, -0.2) is 13.1 Å². The standard InChI is InChI=1S/C18H19ClO2/c1-13-3-8-15(9-4-13)17(18(20)21-2)12-7-14-5-10-16(19)11-6-14/h3-6,8-11,17H,7,12H2,1-2H3. The molecule has 0 fully saturated rings. The molecule has 0 aliphatic heterocycles. The lowest BCUT2D eigenvalue weighted by molar-refractivity contribution is -0.142.